The molecule has 1 amide bonds. The quantitative estimate of drug-likeness (QED) is 0.775. The average molecular weight is 363 g/mol. The molecule has 136 valence electrons. The van der Waals surface area contributed by atoms with Crippen LogP contribution in [0.4, 0.5) is 4.39 Å². The van der Waals surface area contributed by atoms with Gasteiger partial charge in [0, 0.05) is 32.2 Å². The van der Waals surface area contributed by atoms with Gasteiger partial charge in [0.1, 0.15) is 5.82 Å². The monoisotopic (exact) mass is 362 g/mol. The van der Waals surface area contributed by atoms with Gasteiger partial charge in [0.2, 0.25) is 5.91 Å². The lowest BCUT2D eigenvalue weighted by molar-refractivity contribution is -0.132. The van der Waals surface area contributed by atoms with Crippen molar-refractivity contribution in [2.24, 2.45) is 11.8 Å². The molecule has 5 rings (SSSR count). The van der Waals surface area contributed by atoms with E-state index < -0.39 is 0 Å². The summed E-state index contributed by atoms with van der Waals surface area (Å²) in [5.41, 5.74) is 1.15. The molecule has 1 aromatic rings. The fourth-order valence-electron chi connectivity index (χ4n) is 4.14. The van der Waals surface area contributed by atoms with Gasteiger partial charge in [0.15, 0.2) is 0 Å². The van der Waals surface area contributed by atoms with E-state index in [0.717, 1.165) is 49.8 Å². The number of nitrogens with zero attached hydrogens (tertiary/aromatic N) is 2. The molecule has 2 atom stereocenters. The lowest BCUT2D eigenvalue weighted by atomic mass is 9.95. The number of carbonyl (C=O) groups is 1. The van der Waals surface area contributed by atoms with Crippen LogP contribution in [0.1, 0.15) is 31.2 Å². The number of hydrogen-bond donors (Lipinski definition) is 0. The van der Waals surface area contributed by atoms with Gasteiger partial charge >= 0.3 is 0 Å². The van der Waals surface area contributed by atoms with Crippen LogP contribution in [0.15, 0.2) is 24.3 Å². The molecule has 5 heteroatoms. The summed E-state index contributed by atoms with van der Waals surface area (Å²) in [5, 5.41) is 0. The Morgan fingerprint density at radius 3 is 2.64 bits per heavy atom. The fraction of sp³-hybridized carbons (Fsp3) is 0.650. The van der Waals surface area contributed by atoms with Crippen molar-refractivity contribution in [1.29, 1.82) is 0 Å². The zero-order chi connectivity index (χ0) is 17.2. The summed E-state index contributed by atoms with van der Waals surface area (Å²) in [7, 11) is 0. The molecular formula is C20H27FN2OS. The van der Waals surface area contributed by atoms with Gasteiger partial charge in [-0.1, -0.05) is 12.1 Å². The van der Waals surface area contributed by atoms with E-state index in [0.29, 0.717) is 23.6 Å². The van der Waals surface area contributed by atoms with Crippen LogP contribution < -0.4 is 0 Å². The highest BCUT2D eigenvalue weighted by molar-refractivity contribution is 7.99. The van der Waals surface area contributed by atoms with Crippen molar-refractivity contribution in [3.63, 3.8) is 0 Å². The summed E-state index contributed by atoms with van der Waals surface area (Å²) >= 11 is 1.82. The zero-order valence-electron chi connectivity index (χ0n) is 14.7. The highest BCUT2D eigenvalue weighted by Gasteiger charge is 2.37. The summed E-state index contributed by atoms with van der Waals surface area (Å²) in [4.78, 5) is 17.3. The van der Waals surface area contributed by atoms with Crippen LogP contribution in [0.25, 0.3) is 0 Å². The first kappa shape index (κ1) is 17.3. The van der Waals surface area contributed by atoms with Crippen molar-refractivity contribution >= 4 is 17.7 Å². The van der Waals surface area contributed by atoms with Gasteiger partial charge in [-0.05, 0) is 61.0 Å². The Morgan fingerprint density at radius 2 is 1.88 bits per heavy atom. The Balaban J connectivity index is 1.34. The highest BCUT2D eigenvalue weighted by atomic mass is 32.2. The van der Waals surface area contributed by atoms with Crippen molar-refractivity contribution in [2.45, 2.75) is 38.3 Å². The SMILES string of the molecule is O=C(CSCC1CC1)N1C[C@@H]2CC[C@H]1CN(Cc1ccc(F)cc1)C2. The Bertz CT molecular complexity index is 604. The van der Waals surface area contributed by atoms with Crippen molar-refractivity contribution in [3.05, 3.63) is 35.6 Å². The topological polar surface area (TPSA) is 23.6 Å². The third-order valence-corrected chi connectivity index (χ3v) is 6.86. The van der Waals surface area contributed by atoms with Gasteiger partial charge in [0.25, 0.3) is 0 Å². The molecule has 3 nitrogen and oxygen atoms in total. The van der Waals surface area contributed by atoms with E-state index in [2.05, 4.69) is 9.80 Å². The zero-order valence-corrected chi connectivity index (χ0v) is 15.5. The molecule has 3 aliphatic heterocycles. The average Bonchev–Trinajstić information content (AvgIpc) is 3.44. The number of benzene rings is 1. The number of amides is 1. The molecule has 3 saturated heterocycles. The number of rotatable bonds is 6. The fourth-order valence-corrected chi connectivity index (χ4v) is 5.27. The van der Waals surface area contributed by atoms with Gasteiger partial charge in [0.05, 0.1) is 5.75 Å². The van der Waals surface area contributed by atoms with E-state index in [1.165, 1.54) is 31.4 Å². The number of piperidine rings is 1. The van der Waals surface area contributed by atoms with Gasteiger partial charge in [-0.2, -0.15) is 11.8 Å². The number of hydrogen-bond acceptors (Lipinski definition) is 3. The summed E-state index contributed by atoms with van der Waals surface area (Å²) in [6.45, 7) is 3.78. The minimum Gasteiger partial charge on any atom is -0.337 e. The molecule has 4 fully saturated rings. The number of thioether (sulfide) groups is 1. The van der Waals surface area contributed by atoms with E-state index in [9.17, 15) is 9.18 Å². The second-order valence-corrected chi connectivity index (χ2v) is 8.95. The Kier molecular flexibility index (Phi) is 5.32. The smallest absolute Gasteiger partial charge is 0.232 e. The Labute approximate surface area is 153 Å². The van der Waals surface area contributed by atoms with Crippen molar-refractivity contribution < 1.29 is 9.18 Å². The molecule has 0 radical (unpaired) electrons. The molecule has 0 spiro atoms. The second kappa shape index (κ2) is 7.67. The van der Waals surface area contributed by atoms with Gasteiger partial charge < -0.3 is 4.90 Å². The van der Waals surface area contributed by atoms with E-state index in [4.69, 9.17) is 0 Å². The molecule has 1 saturated carbocycles. The molecule has 0 unspecified atom stereocenters. The molecule has 0 N–H and O–H groups in total. The van der Waals surface area contributed by atoms with Crippen LogP contribution in [0.5, 0.6) is 0 Å². The maximum absolute atomic E-state index is 13.1. The minimum atomic E-state index is -0.180. The number of fused-ring (bicyclic) bond motifs is 4. The third-order valence-electron chi connectivity index (χ3n) is 5.70. The molecule has 25 heavy (non-hydrogen) atoms. The van der Waals surface area contributed by atoms with Crippen LogP contribution >= 0.6 is 11.8 Å². The molecule has 2 bridgehead atoms. The van der Waals surface area contributed by atoms with Gasteiger partial charge in [-0.15, -0.1) is 0 Å². The predicted octanol–water partition coefficient (Wildman–Crippen LogP) is 3.39. The van der Waals surface area contributed by atoms with Gasteiger partial charge in [-0.3, -0.25) is 9.69 Å². The lowest BCUT2D eigenvalue weighted by Gasteiger charge is -2.36. The summed E-state index contributed by atoms with van der Waals surface area (Å²) < 4.78 is 13.1. The summed E-state index contributed by atoms with van der Waals surface area (Å²) in [6, 6.07) is 7.18. The van der Waals surface area contributed by atoms with E-state index in [-0.39, 0.29) is 5.82 Å². The first-order valence-corrected chi connectivity index (χ1v) is 10.7. The molecule has 4 aliphatic rings. The minimum absolute atomic E-state index is 0.180. The maximum Gasteiger partial charge on any atom is 0.232 e. The maximum atomic E-state index is 13.1. The standard InChI is InChI=1S/C20H27FN2OS/c21-18-6-3-15(4-7-18)9-22-10-17-5-8-19(12-22)23(11-17)20(24)14-25-13-16-1-2-16/h3-4,6-7,16-17,19H,1-2,5,8-14H2/t17-,19+/m1/s1. The first-order valence-electron chi connectivity index (χ1n) is 9.51. The van der Waals surface area contributed by atoms with Crippen LogP contribution in [0.3, 0.4) is 0 Å². The summed E-state index contributed by atoms with van der Waals surface area (Å²) in [6.07, 6.45) is 5.06. The predicted molar refractivity (Wildman–Crippen MR) is 100.0 cm³/mol. The molecular weight excluding hydrogens is 335 g/mol. The van der Waals surface area contributed by atoms with Crippen molar-refractivity contribution in [1.82, 2.24) is 9.80 Å². The molecule has 0 aromatic heterocycles. The van der Waals surface area contributed by atoms with E-state index in [1.807, 2.05) is 23.9 Å². The van der Waals surface area contributed by atoms with Gasteiger partial charge in [-0.25, -0.2) is 4.39 Å². The Morgan fingerprint density at radius 1 is 1.08 bits per heavy atom. The van der Waals surface area contributed by atoms with Crippen LogP contribution in [-0.4, -0.2) is 52.9 Å². The van der Waals surface area contributed by atoms with Crippen molar-refractivity contribution in [3.8, 4) is 0 Å². The second-order valence-electron chi connectivity index (χ2n) is 7.92. The summed E-state index contributed by atoms with van der Waals surface area (Å²) in [5.74, 6) is 3.42. The number of carbonyl (C=O) groups excluding carboxylic acids is 1. The largest absolute Gasteiger partial charge is 0.337 e. The van der Waals surface area contributed by atoms with Crippen LogP contribution in [-0.2, 0) is 11.3 Å². The van der Waals surface area contributed by atoms with Crippen LogP contribution in [0, 0.1) is 17.7 Å². The third kappa shape index (κ3) is 4.56. The Hall–Kier alpha value is -1.07. The molecule has 1 aromatic carbocycles. The van der Waals surface area contributed by atoms with E-state index >= 15 is 0 Å². The normalized spacial score (nSPS) is 26.7. The highest BCUT2D eigenvalue weighted by Crippen LogP contribution is 2.33. The van der Waals surface area contributed by atoms with Crippen LogP contribution in [0.2, 0.25) is 0 Å². The lowest BCUT2D eigenvalue weighted by Crippen LogP contribution is -2.48. The first-order chi connectivity index (χ1) is 12.2. The number of halogens is 1. The van der Waals surface area contributed by atoms with E-state index in [1.54, 1.807) is 0 Å². The molecule has 1 aliphatic carbocycles. The van der Waals surface area contributed by atoms with Crippen molar-refractivity contribution in [2.75, 3.05) is 31.1 Å². The molecule has 3 heterocycles.